The van der Waals surface area contributed by atoms with Gasteiger partial charge in [0.05, 0.1) is 20.6 Å². The molecule has 0 aromatic heterocycles. The third-order valence-electron chi connectivity index (χ3n) is 4.42. The minimum Gasteiger partial charge on any atom is -1.00 e. The summed E-state index contributed by atoms with van der Waals surface area (Å²) in [4.78, 5) is 24.4. The summed E-state index contributed by atoms with van der Waals surface area (Å²) in [5.41, 5.74) is 10.7. The van der Waals surface area contributed by atoms with Crippen LogP contribution in [-0.2, 0) is 9.59 Å². The van der Waals surface area contributed by atoms with E-state index in [-0.39, 0.29) is 42.8 Å². The highest BCUT2D eigenvalue weighted by atomic mass is 35.5. The van der Waals surface area contributed by atoms with Gasteiger partial charge in [0, 0.05) is 6.54 Å². The summed E-state index contributed by atoms with van der Waals surface area (Å²) in [6.45, 7) is 1.90. The molecule has 10 heteroatoms. The Kier molecular flexibility index (Phi) is 15.9. The van der Waals surface area contributed by atoms with Crippen molar-refractivity contribution in [2.45, 2.75) is 6.42 Å². The van der Waals surface area contributed by atoms with Crippen LogP contribution in [0.1, 0.15) is 17.5 Å². The van der Waals surface area contributed by atoms with Gasteiger partial charge in [-0.05, 0) is 47.5 Å². The first kappa shape index (κ1) is 32.0. The average Bonchev–Trinajstić information content (AvgIpc) is 2.83. The summed E-state index contributed by atoms with van der Waals surface area (Å²) in [6.07, 6.45) is 5.79. The highest BCUT2D eigenvalue weighted by molar-refractivity contribution is 6.10. The van der Waals surface area contributed by atoms with Crippen molar-refractivity contribution in [3.05, 3.63) is 59.7 Å². The van der Waals surface area contributed by atoms with Crippen molar-refractivity contribution in [3.63, 3.8) is 0 Å². The molecular weight excluding hydrogens is 495 g/mol. The standard InChI is InChI=1S/C25H30N2O6.2ClH/c1-30-24-15-18(5-9-22(24)32-13-11-26)3-7-20(28)17-21(29)8-4-19-6-10-23(33-14-12-27)25(16-19)31-2;;/h3-10,15-16H,11-14,17,26-27H2,1-2H3;2*1H/p-1/b7-3+,8-4+;;. The smallest absolute Gasteiger partial charge is 0.163 e. The van der Waals surface area contributed by atoms with Crippen molar-refractivity contribution in [3.8, 4) is 23.0 Å². The molecule has 0 spiro atoms. The van der Waals surface area contributed by atoms with Crippen LogP contribution in [-0.4, -0.2) is 52.1 Å². The van der Waals surface area contributed by atoms with Crippen LogP contribution >= 0.6 is 0 Å². The molecule has 2 aromatic carbocycles. The molecule has 8 nitrogen and oxygen atoms in total. The summed E-state index contributed by atoms with van der Waals surface area (Å²) in [5.74, 6) is 1.68. The lowest BCUT2D eigenvalue weighted by atomic mass is 10.1. The van der Waals surface area contributed by atoms with Crippen molar-refractivity contribution in [2.75, 3.05) is 40.5 Å². The van der Waals surface area contributed by atoms with Crippen molar-refractivity contribution < 1.29 is 59.1 Å². The van der Waals surface area contributed by atoms with E-state index in [9.17, 15) is 9.59 Å². The molecule has 0 saturated carbocycles. The number of hydrogen-bond acceptors (Lipinski definition) is 7. The monoisotopic (exact) mass is 525 g/mol. The van der Waals surface area contributed by atoms with E-state index in [1.807, 2.05) is 0 Å². The molecule has 0 amide bonds. The molecule has 0 aliphatic carbocycles. The topological polar surface area (TPSA) is 125 Å². The van der Waals surface area contributed by atoms with Crippen LogP contribution < -0.4 is 55.2 Å². The molecule has 0 radical (unpaired) electrons. The first-order valence-corrected chi connectivity index (χ1v) is 10.5. The first-order chi connectivity index (χ1) is 16.0. The van der Waals surface area contributed by atoms with Gasteiger partial charge in [0.1, 0.15) is 19.8 Å². The minimum atomic E-state index is -0.304. The van der Waals surface area contributed by atoms with Crippen LogP contribution in [0, 0.1) is 0 Å². The molecule has 5 N–H and O–H groups in total. The predicted octanol–water partition coefficient (Wildman–Crippen LogP) is -4.08. The number of benzene rings is 2. The zero-order valence-electron chi connectivity index (χ0n) is 19.8. The molecule has 2 rings (SSSR count). The molecule has 0 aliphatic heterocycles. The maximum Gasteiger partial charge on any atom is 0.163 e. The Labute approximate surface area is 218 Å². The molecule has 0 heterocycles. The van der Waals surface area contributed by atoms with Crippen LogP contribution in [0.5, 0.6) is 23.0 Å². The number of hydrogen-bond donors (Lipinski definition) is 2. The summed E-state index contributed by atoms with van der Waals surface area (Å²) in [6, 6.07) is 10.6. The number of quaternary nitrogens is 1. The van der Waals surface area contributed by atoms with Crippen molar-refractivity contribution >= 4 is 23.7 Å². The van der Waals surface area contributed by atoms with Gasteiger partial charge in [0.25, 0.3) is 0 Å². The summed E-state index contributed by atoms with van der Waals surface area (Å²) in [7, 11) is 3.08. The van der Waals surface area contributed by atoms with Gasteiger partial charge >= 0.3 is 0 Å². The second-order valence-corrected chi connectivity index (χ2v) is 6.94. The number of carbonyl (C=O) groups excluding carboxylic acids is 2. The van der Waals surface area contributed by atoms with Gasteiger partial charge in [-0.2, -0.15) is 0 Å². The Morgan fingerprint density at radius 2 is 1.26 bits per heavy atom. The maximum atomic E-state index is 12.2. The Morgan fingerprint density at radius 1 is 0.800 bits per heavy atom. The van der Waals surface area contributed by atoms with E-state index in [0.29, 0.717) is 49.3 Å². The van der Waals surface area contributed by atoms with Gasteiger partial charge in [-0.25, -0.2) is 0 Å². The predicted molar refractivity (Wildman–Crippen MR) is 126 cm³/mol. The normalized spacial score (nSPS) is 10.4. The van der Waals surface area contributed by atoms with Crippen molar-refractivity contribution in [1.29, 1.82) is 0 Å². The van der Waals surface area contributed by atoms with E-state index in [1.165, 1.54) is 19.3 Å². The molecule has 0 unspecified atom stereocenters. The van der Waals surface area contributed by atoms with Gasteiger partial charge in [-0.15, -0.1) is 0 Å². The van der Waals surface area contributed by atoms with Gasteiger partial charge in [0.2, 0.25) is 0 Å². The van der Waals surface area contributed by atoms with E-state index in [1.54, 1.807) is 55.7 Å². The number of methoxy groups -OCH3 is 2. The Hall–Kier alpha value is -3.04. The van der Waals surface area contributed by atoms with Crippen LogP contribution in [0.25, 0.3) is 12.2 Å². The molecule has 0 saturated heterocycles. The van der Waals surface area contributed by atoms with Crippen LogP contribution in [0.2, 0.25) is 0 Å². The van der Waals surface area contributed by atoms with Gasteiger partial charge in [-0.1, -0.05) is 24.3 Å². The molecule has 2 aromatic rings. The zero-order chi connectivity index (χ0) is 24.1. The molecular formula is C25H31Cl2N2O6-. The molecule has 35 heavy (non-hydrogen) atoms. The lowest BCUT2D eigenvalue weighted by Crippen LogP contribution is -3.00. The zero-order valence-corrected chi connectivity index (χ0v) is 21.3. The van der Waals surface area contributed by atoms with Crippen molar-refractivity contribution in [1.82, 2.24) is 0 Å². The number of nitrogens with two attached hydrogens (primary N) is 1. The first-order valence-electron chi connectivity index (χ1n) is 10.5. The van der Waals surface area contributed by atoms with E-state index >= 15 is 0 Å². The van der Waals surface area contributed by atoms with Crippen LogP contribution in [0.4, 0.5) is 0 Å². The second-order valence-electron chi connectivity index (χ2n) is 6.94. The van der Waals surface area contributed by atoms with Gasteiger partial charge in [-0.3, -0.25) is 9.59 Å². The largest absolute Gasteiger partial charge is 1.00 e. The minimum absolute atomic E-state index is 0. The Bertz CT molecular complexity index is 932. The van der Waals surface area contributed by atoms with Crippen LogP contribution in [0.3, 0.4) is 0 Å². The fourth-order valence-corrected chi connectivity index (χ4v) is 2.83. The Morgan fingerprint density at radius 3 is 1.66 bits per heavy atom. The summed E-state index contributed by atoms with van der Waals surface area (Å²) < 4.78 is 21.7. The highest BCUT2D eigenvalue weighted by Crippen LogP contribution is 2.29. The van der Waals surface area contributed by atoms with Gasteiger partial charge in [0.15, 0.2) is 34.6 Å². The summed E-state index contributed by atoms with van der Waals surface area (Å²) in [5, 5.41) is 0. The van der Waals surface area contributed by atoms with Crippen molar-refractivity contribution in [2.24, 2.45) is 5.73 Å². The molecule has 0 fully saturated rings. The lowest BCUT2D eigenvalue weighted by Gasteiger charge is -2.10. The number of allylic oxidation sites excluding steroid dienone is 2. The number of carbonyl (C=O) groups is 2. The molecule has 0 aliphatic rings. The van der Waals surface area contributed by atoms with E-state index in [4.69, 9.17) is 24.7 Å². The highest BCUT2D eigenvalue weighted by Gasteiger charge is 2.08. The SMILES string of the molecule is COc1cc(/C=C/C(=O)CC(=O)/C=C/c2ccc(OCC[NH3+])c(OC)c2)ccc1OCCN.[Cl-].[Cl-]. The number of rotatable bonds is 14. The third-order valence-corrected chi connectivity index (χ3v) is 4.42. The fourth-order valence-electron chi connectivity index (χ4n) is 2.83. The number of halogens is 2. The molecule has 0 atom stereocenters. The summed E-state index contributed by atoms with van der Waals surface area (Å²) >= 11 is 0. The maximum absolute atomic E-state index is 12.2. The van der Waals surface area contributed by atoms with E-state index in [0.717, 1.165) is 11.1 Å². The number of ether oxygens (including phenoxy) is 4. The molecule has 0 bridgehead atoms. The quantitative estimate of drug-likeness (QED) is 0.190. The number of ketones is 2. The third kappa shape index (κ3) is 10.8. The average molecular weight is 526 g/mol. The van der Waals surface area contributed by atoms with Crippen LogP contribution in [0.15, 0.2) is 48.6 Å². The second kappa shape index (κ2) is 17.4. The fraction of sp³-hybridized carbons (Fsp3) is 0.280. The van der Waals surface area contributed by atoms with E-state index in [2.05, 4.69) is 5.73 Å². The lowest BCUT2D eigenvalue weighted by molar-refractivity contribution is -0.370. The van der Waals surface area contributed by atoms with E-state index < -0.39 is 0 Å². The van der Waals surface area contributed by atoms with Gasteiger partial charge < -0.3 is 55.2 Å². The molecule has 192 valence electrons. The Balaban J connectivity index is 0.00000578.